The standard InChI is InChI=1S/C13H16N4O/c1-18-11-4-2-3-10(7-11)5-6-15-13-9-16-12(14)8-17-13/h2-4,7-9H,5-6H2,1H3,(H2,14,16)(H,15,17). The topological polar surface area (TPSA) is 73.1 Å². The molecule has 0 aliphatic rings. The second kappa shape index (κ2) is 5.86. The van der Waals surface area contributed by atoms with Gasteiger partial charge in [0.15, 0.2) is 0 Å². The first-order chi connectivity index (χ1) is 8.78. The molecule has 2 aromatic rings. The fraction of sp³-hybridized carbons (Fsp3) is 0.231. The van der Waals surface area contributed by atoms with Crippen LogP contribution in [-0.4, -0.2) is 23.6 Å². The number of benzene rings is 1. The Morgan fingerprint density at radius 2 is 2.17 bits per heavy atom. The van der Waals surface area contributed by atoms with E-state index < -0.39 is 0 Å². The van der Waals surface area contributed by atoms with E-state index in [2.05, 4.69) is 21.4 Å². The smallest absolute Gasteiger partial charge is 0.144 e. The molecule has 0 radical (unpaired) electrons. The lowest BCUT2D eigenvalue weighted by atomic mass is 10.1. The molecule has 0 bridgehead atoms. The predicted octanol–water partition coefficient (Wildman–Crippen LogP) is 1.72. The highest BCUT2D eigenvalue weighted by Gasteiger charge is 1.97. The van der Waals surface area contributed by atoms with Gasteiger partial charge in [0, 0.05) is 6.54 Å². The Labute approximate surface area is 106 Å². The fourth-order valence-electron chi connectivity index (χ4n) is 1.59. The van der Waals surface area contributed by atoms with Gasteiger partial charge in [-0.15, -0.1) is 0 Å². The second-order valence-electron chi connectivity index (χ2n) is 3.85. The van der Waals surface area contributed by atoms with Crippen molar-refractivity contribution in [1.29, 1.82) is 0 Å². The largest absolute Gasteiger partial charge is 0.497 e. The van der Waals surface area contributed by atoms with E-state index >= 15 is 0 Å². The summed E-state index contributed by atoms with van der Waals surface area (Å²) in [5, 5.41) is 3.19. The molecular weight excluding hydrogens is 228 g/mol. The number of nitrogens with one attached hydrogen (secondary N) is 1. The molecule has 0 aliphatic carbocycles. The van der Waals surface area contributed by atoms with Crippen LogP contribution < -0.4 is 15.8 Å². The Kier molecular flexibility index (Phi) is 3.96. The summed E-state index contributed by atoms with van der Waals surface area (Å²) in [5.74, 6) is 2.03. The summed E-state index contributed by atoms with van der Waals surface area (Å²) in [6, 6.07) is 8.01. The fourth-order valence-corrected chi connectivity index (χ4v) is 1.59. The zero-order valence-electron chi connectivity index (χ0n) is 10.3. The molecule has 18 heavy (non-hydrogen) atoms. The molecule has 0 fully saturated rings. The van der Waals surface area contributed by atoms with Crippen molar-refractivity contribution in [3.8, 4) is 5.75 Å². The van der Waals surface area contributed by atoms with Gasteiger partial charge in [-0.05, 0) is 24.1 Å². The highest BCUT2D eigenvalue weighted by Crippen LogP contribution is 2.13. The van der Waals surface area contributed by atoms with Gasteiger partial charge < -0.3 is 15.8 Å². The van der Waals surface area contributed by atoms with Crippen molar-refractivity contribution < 1.29 is 4.74 Å². The second-order valence-corrected chi connectivity index (χ2v) is 3.85. The van der Waals surface area contributed by atoms with Crippen LogP contribution in [-0.2, 0) is 6.42 Å². The van der Waals surface area contributed by atoms with Crippen LogP contribution in [0.1, 0.15) is 5.56 Å². The molecule has 5 nitrogen and oxygen atoms in total. The van der Waals surface area contributed by atoms with Crippen LogP contribution in [0.2, 0.25) is 0 Å². The quantitative estimate of drug-likeness (QED) is 0.837. The monoisotopic (exact) mass is 244 g/mol. The van der Waals surface area contributed by atoms with E-state index in [0.29, 0.717) is 5.82 Å². The summed E-state index contributed by atoms with van der Waals surface area (Å²) in [6.45, 7) is 0.783. The minimum Gasteiger partial charge on any atom is -0.497 e. The van der Waals surface area contributed by atoms with E-state index in [1.807, 2.05) is 18.2 Å². The summed E-state index contributed by atoms with van der Waals surface area (Å²) in [6.07, 6.45) is 4.05. The van der Waals surface area contributed by atoms with Gasteiger partial charge in [0.25, 0.3) is 0 Å². The molecule has 1 aromatic carbocycles. The molecule has 1 aromatic heterocycles. The van der Waals surface area contributed by atoms with Crippen molar-refractivity contribution in [2.24, 2.45) is 0 Å². The van der Waals surface area contributed by atoms with Crippen molar-refractivity contribution >= 4 is 11.6 Å². The Balaban J connectivity index is 1.86. The van der Waals surface area contributed by atoms with Crippen molar-refractivity contribution in [3.63, 3.8) is 0 Å². The molecule has 94 valence electrons. The molecule has 0 atom stereocenters. The zero-order chi connectivity index (χ0) is 12.8. The molecule has 2 rings (SSSR count). The van der Waals surface area contributed by atoms with Gasteiger partial charge in [0.2, 0.25) is 0 Å². The molecular formula is C13H16N4O. The SMILES string of the molecule is COc1cccc(CCNc2cnc(N)cn2)c1. The Hall–Kier alpha value is -2.30. The van der Waals surface area contributed by atoms with E-state index in [9.17, 15) is 0 Å². The highest BCUT2D eigenvalue weighted by molar-refractivity contribution is 5.36. The number of hydrogen-bond acceptors (Lipinski definition) is 5. The van der Waals surface area contributed by atoms with Crippen LogP contribution in [0.3, 0.4) is 0 Å². The lowest BCUT2D eigenvalue weighted by Gasteiger charge is -2.06. The zero-order valence-corrected chi connectivity index (χ0v) is 10.3. The number of rotatable bonds is 5. The normalized spacial score (nSPS) is 10.1. The molecule has 1 heterocycles. The molecule has 0 saturated heterocycles. The van der Waals surface area contributed by atoms with Crippen molar-refractivity contribution in [2.75, 3.05) is 24.7 Å². The number of hydrogen-bond donors (Lipinski definition) is 2. The van der Waals surface area contributed by atoms with Gasteiger partial charge in [0.1, 0.15) is 17.4 Å². The number of methoxy groups -OCH3 is 1. The van der Waals surface area contributed by atoms with E-state index in [1.165, 1.54) is 11.8 Å². The third-order valence-corrected chi connectivity index (χ3v) is 2.53. The number of nitrogens with two attached hydrogens (primary N) is 1. The van der Waals surface area contributed by atoms with Crippen LogP contribution in [0.4, 0.5) is 11.6 Å². The third kappa shape index (κ3) is 3.35. The van der Waals surface area contributed by atoms with E-state index in [-0.39, 0.29) is 0 Å². The predicted molar refractivity (Wildman–Crippen MR) is 71.6 cm³/mol. The summed E-state index contributed by atoms with van der Waals surface area (Å²) in [5.41, 5.74) is 6.68. The number of aromatic nitrogens is 2. The molecule has 3 N–H and O–H groups in total. The van der Waals surface area contributed by atoms with Gasteiger partial charge in [0.05, 0.1) is 19.5 Å². The minimum atomic E-state index is 0.424. The van der Waals surface area contributed by atoms with Crippen LogP contribution in [0.15, 0.2) is 36.7 Å². The maximum Gasteiger partial charge on any atom is 0.144 e. The Bertz CT molecular complexity index is 499. The maximum absolute atomic E-state index is 5.46. The highest BCUT2D eigenvalue weighted by atomic mass is 16.5. The summed E-state index contributed by atoms with van der Waals surface area (Å²) < 4.78 is 5.18. The summed E-state index contributed by atoms with van der Waals surface area (Å²) >= 11 is 0. The first kappa shape index (κ1) is 12.2. The number of ether oxygens (including phenoxy) is 1. The van der Waals surface area contributed by atoms with Gasteiger partial charge in [-0.3, -0.25) is 0 Å². The number of nitrogens with zero attached hydrogens (tertiary/aromatic N) is 2. The lowest BCUT2D eigenvalue weighted by Crippen LogP contribution is -2.07. The van der Waals surface area contributed by atoms with Crippen molar-refractivity contribution in [3.05, 3.63) is 42.2 Å². The molecule has 0 saturated carbocycles. The average Bonchev–Trinajstić information content (AvgIpc) is 2.41. The lowest BCUT2D eigenvalue weighted by molar-refractivity contribution is 0.414. The van der Waals surface area contributed by atoms with Crippen LogP contribution in [0.25, 0.3) is 0 Å². The Morgan fingerprint density at radius 1 is 1.28 bits per heavy atom. The molecule has 0 unspecified atom stereocenters. The molecule has 5 heteroatoms. The van der Waals surface area contributed by atoms with E-state index in [1.54, 1.807) is 13.3 Å². The first-order valence-electron chi connectivity index (χ1n) is 5.72. The number of nitrogen functional groups attached to an aromatic ring is 1. The molecule has 0 spiro atoms. The van der Waals surface area contributed by atoms with Crippen LogP contribution in [0, 0.1) is 0 Å². The van der Waals surface area contributed by atoms with E-state index in [4.69, 9.17) is 10.5 Å². The van der Waals surface area contributed by atoms with Gasteiger partial charge in [-0.1, -0.05) is 12.1 Å². The minimum absolute atomic E-state index is 0.424. The first-order valence-corrected chi connectivity index (χ1v) is 5.72. The van der Waals surface area contributed by atoms with E-state index in [0.717, 1.165) is 24.5 Å². The molecule has 0 aliphatic heterocycles. The van der Waals surface area contributed by atoms with Gasteiger partial charge in [-0.2, -0.15) is 0 Å². The number of anilines is 2. The third-order valence-electron chi connectivity index (χ3n) is 2.53. The van der Waals surface area contributed by atoms with Crippen LogP contribution in [0.5, 0.6) is 5.75 Å². The summed E-state index contributed by atoms with van der Waals surface area (Å²) in [4.78, 5) is 8.08. The van der Waals surface area contributed by atoms with Crippen molar-refractivity contribution in [2.45, 2.75) is 6.42 Å². The van der Waals surface area contributed by atoms with Crippen LogP contribution >= 0.6 is 0 Å². The molecule has 0 amide bonds. The van der Waals surface area contributed by atoms with Crippen molar-refractivity contribution in [1.82, 2.24) is 9.97 Å². The average molecular weight is 244 g/mol. The maximum atomic E-state index is 5.46. The Morgan fingerprint density at radius 3 is 2.89 bits per heavy atom. The van der Waals surface area contributed by atoms with Gasteiger partial charge >= 0.3 is 0 Å². The summed E-state index contributed by atoms with van der Waals surface area (Å²) in [7, 11) is 1.67. The van der Waals surface area contributed by atoms with Gasteiger partial charge in [-0.25, -0.2) is 9.97 Å².